The molecule has 0 spiro atoms. The number of rotatable bonds is 11. The number of sulfonamides is 1. The molecule has 36 heavy (non-hydrogen) atoms. The number of methoxy groups -OCH3 is 2. The first-order valence-electron chi connectivity index (χ1n) is 11.8. The van der Waals surface area contributed by atoms with Crippen molar-refractivity contribution in [2.75, 3.05) is 25.1 Å². The Kier molecular flexibility index (Phi) is 8.98. The van der Waals surface area contributed by atoms with Crippen molar-refractivity contribution in [3.05, 3.63) is 83.9 Å². The number of hydrogen-bond acceptors (Lipinski definition) is 5. The lowest BCUT2D eigenvalue weighted by Crippen LogP contribution is -2.42. The third-order valence-electron chi connectivity index (χ3n) is 5.78. The van der Waals surface area contributed by atoms with Crippen LogP contribution in [-0.4, -0.2) is 35.1 Å². The summed E-state index contributed by atoms with van der Waals surface area (Å²) in [5.41, 5.74) is 2.07. The van der Waals surface area contributed by atoms with E-state index in [0.29, 0.717) is 23.8 Å². The number of aryl methyl sites for hydroxylation is 1. The maximum absolute atomic E-state index is 13.7. The second-order valence-corrected chi connectivity index (χ2v) is 10.9. The van der Waals surface area contributed by atoms with E-state index >= 15 is 0 Å². The minimum Gasteiger partial charge on any atom is -0.497 e. The van der Waals surface area contributed by atoms with Gasteiger partial charge in [0, 0.05) is 0 Å². The number of carbonyl (C=O) groups excluding carboxylic acids is 1. The van der Waals surface area contributed by atoms with Crippen LogP contribution in [0.5, 0.6) is 11.5 Å². The summed E-state index contributed by atoms with van der Waals surface area (Å²) in [5, 5.41) is 3.05. The van der Waals surface area contributed by atoms with Crippen LogP contribution in [0.15, 0.2) is 77.7 Å². The Balaban J connectivity index is 1.97. The summed E-state index contributed by atoms with van der Waals surface area (Å²) in [7, 11) is -0.978. The average molecular weight is 511 g/mol. The molecule has 0 bridgehead atoms. The highest BCUT2D eigenvalue weighted by molar-refractivity contribution is 7.92. The standard InChI is InChI=1S/C28H34N2O5S/c1-20(2)17-25(22-12-14-23(34-4)15-13-22)29-28(31)19-30(26-18-21(3)11-16-27(26)35-5)36(32,33)24-9-7-6-8-10-24/h6-16,18,20,25H,17,19H2,1-5H3,(H,29,31). The summed E-state index contributed by atoms with van der Waals surface area (Å²) >= 11 is 0. The zero-order chi connectivity index (χ0) is 26.3. The monoisotopic (exact) mass is 510 g/mol. The molecule has 0 saturated heterocycles. The van der Waals surface area contributed by atoms with Crippen molar-refractivity contribution >= 4 is 21.6 Å². The molecule has 1 amide bonds. The Morgan fingerprint density at radius 2 is 1.61 bits per heavy atom. The second-order valence-electron chi connectivity index (χ2n) is 9.02. The van der Waals surface area contributed by atoms with Gasteiger partial charge in [0.25, 0.3) is 10.0 Å². The molecule has 0 heterocycles. The van der Waals surface area contributed by atoms with Gasteiger partial charge in [0.2, 0.25) is 5.91 Å². The molecule has 0 aliphatic heterocycles. The minimum absolute atomic E-state index is 0.0928. The van der Waals surface area contributed by atoms with Gasteiger partial charge in [-0.2, -0.15) is 0 Å². The number of nitrogens with one attached hydrogen (secondary N) is 1. The maximum Gasteiger partial charge on any atom is 0.264 e. The lowest BCUT2D eigenvalue weighted by atomic mass is 9.97. The highest BCUT2D eigenvalue weighted by Crippen LogP contribution is 2.33. The molecule has 7 nitrogen and oxygen atoms in total. The van der Waals surface area contributed by atoms with Crippen molar-refractivity contribution in [1.29, 1.82) is 0 Å². The van der Waals surface area contributed by atoms with E-state index in [-0.39, 0.29) is 10.9 Å². The fraction of sp³-hybridized carbons (Fsp3) is 0.321. The molecule has 192 valence electrons. The topological polar surface area (TPSA) is 84.9 Å². The molecule has 1 N–H and O–H groups in total. The van der Waals surface area contributed by atoms with Gasteiger partial charge in [-0.1, -0.05) is 50.2 Å². The summed E-state index contributed by atoms with van der Waals surface area (Å²) in [5.74, 6) is 0.972. The van der Waals surface area contributed by atoms with E-state index < -0.39 is 22.5 Å². The quantitative estimate of drug-likeness (QED) is 0.387. The highest BCUT2D eigenvalue weighted by atomic mass is 32.2. The summed E-state index contributed by atoms with van der Waals surface area (Å²) < 4.78 is 39.3. The van der Waals surface area contributed by atoms with E-state index in [0.717, 1.165) is 21.2 Å². The molecule has 0 fully saturated rings. The number of ether oxygens (including phenoxy) is 2. The van der Waals surface area contributed by atoms with E-state index in [1.807, 2.05) is 37.3 Å². The van der Waals surface area contributed by atoms with Crippen molar-refractivity contribution in [1.82, 2.24) is 5.32 Å². The van der Waals surface area contributed by atoms with Crippen molar-refractivity contribution < 1.29 is 22.7 Å². The van der Waals surface area contributed by atoms with Crippen LogP contribution >= 0.6 is 0 Å². The number of amides is 1. The lowest BCUT2D eigenvalue weighted by Gasteiger charge is -2.28. The molecule has 3 aromatic rings. The third kappa shape index (κ3) is 6.57. The summed E-state index contributed by atoms with van der Waals surface area (Å²) in [6.07, 6.45) is 0.692. The van der Waals surface area contributed by atoms with E-state index in [1.165, 1.54) is 19.2 Å². The van der Waals surface area contributed by atoms with Gasteiger partial charge in [-0.3, -0.25) is 9.10 Å². The number of anilines is 1. The van der Waals surface area contributed by atoms with Crippen LogP contribution in [0.2, 0.25) is 0 Å². The van der Waals surface area contributed by atoms with Gasteiger partial charge in [0.1, 0.15) is 18.0 Å². The van der Waals surface area contributed by atoms with Crippen LogP contribution in [0.4, 0.5) is 5.69 Å². The number of nitrogens with zero attached hydrogens (tertiary/aromatic N) is 1. The fourth-order valence-corrected chi connectivity index (χ4v) is 5.42. The van der Waals surface area contributed by atoms with Crippen LogP contribution in [0.1, 0.15) is 37.4 Å². The first kappa shape index (κ1) is 27.1. The van der Waals surface area contributed by atoms with E-state index in [2.05, 4.69) is 19.2 Å². The van der Waals surface area contributed by atoms with Crippen molar-refractivity contribution in [3.8, 4) is 11.5 Å². The molecule has 3 aromatic carbocycles. The SMILES string of the molecule is COc1ccc(C(CC(C)C)NC(=O)CN(c2cc(C)ccc2OC)S(=O)(=O)c2ccccc2)cc1. The molecule has 0 aliphatic carbocycles. The van der Waals surface area contributed by atoms with Gasteiger partial charge in [0.05, 0.1) is 30.8 Å². The van der Waals surface area contributed by atoms with Crippen LogP contribution in [-0.2, 0) is 14.8 Å². The molecule has 1 atom stereocenters. The van der Waals surface area contributed by atoms with Crippen molar-refractivity contribution in [2.24, 2.45) is 5.92 Å². The number of carbonyl (C=O) groups is 1. The molecular formula is C28H34N2O5S. The van der Waals surface area contributed by atoms with Crippen LogP contribution in [0, 0.1) is 12.8 Å². The van der Waals surface area contributed by atoms with Gasteiger partial charge in [-0.15, -0.1) is 0 Å². The largest absolute Gasteiger partial charge is 0.497 e. The second kappa shape index (κ2) is 11.9. The number of benzene rings is 3. The van der Waals surface area contributed by atoms with Crippen molar-refractivity contribution in [3.63, 3.8) is 0 Å². The zero-order valence-corrected chi connectivity index (χ0v) is 22.2. The van der Waals surface area contributed by atoms with Gasteiger partial charge in [-0.05, 0) is 66.8 Å². The lowest BCUT2D eigenvalue weighted by molar-refractivity contribution is -0.120. The Hall–Kier alpha value is -3.52. The molecule has 0 radical (unpaired) electrons. The summed E-state index contributed by atoms with van der Waals surface area (Å²) in [6.45, 7) is 5.61. The molecular weight excluding hydrogens is 476 g/mol. The Bertz CT molecular complexity index is 1260. The third-order valence-corrected chi connectivity index (χ3v) is 7.56. The summed E-state index contributed by atoms with van der Waals surface area (Å²) in [6, 6.07) is 20.6. The number of hydrogen-bond donors (Lipinski definition) is 1. The molecule has 1 unspecified atom stereocenters. The Labute approximate surface area is 214 Å². The van der Waals surface area contributed by atoms with Crippen LogP contribution in [0.3, 0.4) is 0 Å². The zero-order valence-electron chi connectivity index (χ0n) is 21.4. The fourth-order valence-electron chi connectivity index (χ4n) is 3.97. The van der Waals surface area contributed by atoms with Gasteiger partial charge in [0.15, 0.2) is 0 Å². The van der Waals surface area contributed by atoms with Crippen LogP contribution in [0.25, 0.3) is 0 Å². The predicted octanol–water partition coefficient (Wildman–Crippen LogP) is 5.11. The first-order valence-corrected chi connectivity index (χ1v) is 13.3. The minimum atomic E-state index is -4.06. The predicted molar refractivity (Wildman–Crippen MR) is 142 cm³/mol. The summed E-state index contributed by atoms with van der Waals surface area (Å²) in [4.78, 5) is 13.5. The molecule has 0 aromatic heterocycles. The van der Waals surface area contributed by atoms with E-state index in [1.54, 1.807) is 37.4 Å². The average Bonchev–Trinajstić information content (AvgIpc) is 2.87. The van der Waals surface area contributed by atoms with Gasteiger partial charge < -0.3 is 14.8 Å². The maximum atomic E-state index is 13.7. The van der Waals surface area contributed by atoms with Crippen molar-refractivity contribution in [2.45, 2.75) is 38.1 Å². The molecule has 3 rings (SSSR count). The first-order chi connectivity index (χ1) is 17.1. The van der Waals surface area contributed by atoms with Gasteiger partial charge in [-0.25, -0.2) is 8.42 Å². The van der Waals surface area contributed by atoms with Crippen LogP contribution < -0.4 is 19.1 Å². The Morgan fingerprint density at radius 1 is 0.944 bits per heavy atom. The van der Waals surface area contributed by atoms with Gasteiger partial charge >= 0.3 is 0 Å². The normalized spacial score (nSPS) is 12.2. The van der Waals surface area contributed by atoms with E-state index in [4.69, 9.17) is 9.47 Å². The smallest absolute Gasteiger partial charge is 0.264 e. The van der Waals surface area contributed by atoms with E-state index in [9.17, 15) is 13.2 Å². The highest BCUT2D eigenvalue weighted by Gasteiger charge is 2.30. The molecule has 0 aliphatic rings. The molecule has 8 heteroatoms. The Morgan fingerprint density at radius 3 is 2.19 bits per heavy atom. The molecule has 0 saturated carbocycles.